The van der Waals surface area contributed by atoms with E-state index in [9.17, 15) is 4.79 Å². The second-order valence-electron chi connectivity index (χ2n) is 6.30. The van der Waals surface area contributed by atoms with Crippen LogP contribution in [0.1, 0.15) is 17.5 Å². The van der Waals surface area contributed by atoms with Crippen LogP contribution in [0.4, 0.5) is 10.5 Å². The minimum Gasteiger partial charge on any atom is -0.444 e. The van der Waals surface area contributed by atoms with Crippen LogP contribution in [-0.2, 0) is 11.3 Å². The summed E-state index contributed by atoms with van der Waals surface area (Å²) < 4.78 is 5.26. The normalized spacial score (nSPS) is 14.0. The van der Waals surface area contributed by atoms with Gasteiger partial charge in [0, 0.05) is 34.3 Å². The molecule has 0 radical (unpaired) electrons. The number of halogens is 1. The van der Waals surface area contributed by atoms with Crippen molar-refractivity contribution in [1.29, 1.82) is 0 Å². The van der Waals surface area contributed by atoms with Crippen LogP contribution in [0.15, 0.2) is 48.8 Å². The highest BCUT2D eigenvalue weighted by atomic mass is 35.5. The van der Waals surface area contributed by atoms with Gasteiger partial charge < -0.3 is 15.0 Å². The fraction of sp³-hybridized carbons (Fsp3) is 0.200. The average Bonchev–Trinajstić information content (AvgIpc) is 3.11. The van der Waals surface area contributed by atoms with Gasteiger partial charge in [0.15, 0.2) is 0 Å². The van der Waals surface area contributed by atoms with E-state index in [0.717, 1.165) is 41.7 Å². The fourth-order valence-corrected chi connectivity index (χ4v) is 3.31. The van der Waals surface area contributed by atoms with Crippen LogP contribution in [-0.4, -0.2) is 29.2 Å². The molecule has 0 spiro atoms. The molecule has 0 atom stereocenters. The maximum Gasteiger partial charge on any atom is 0.412 e. The Morgan fingerprint density at radius 2 is 2.22 bits per heavy atom. The molecule has 3 aromatic rings. The minimum atomic E-state index is -0.547. The summed E-state index contributed by atoms with van der Waals surface area (Å²) in [6, 6.07) is 9.18. The van der Waals surface area contributed by atoms with Gasteiger partial charge in [0.05, 0.1) is 11.9 Å². The molecule has 1 aliphatic heterocycles. The number of hydrogen-bond donors (Lipinski definition) is 3. The molecule has 0 unspecified atom stereocenters. The summed E-state index contributed by atoms with van der Waals surface area (Å²) in [5.41, 5.74) is 4.53. The number of aromatic nitrogens is 2. The number of benzene rings is 1. The Morgan fingerprint density at radius 1 is 1.33 bits per heavy atom. The number of nitrogens with zero attached hydrogens (tertiary/aromatic N) is 1. The van der Waals surface area contributed by atoms with Crippen LogP contribution < -0.4 is 10.6 Å². The third-order valence-corrected chi connectivity index (χ3v) is 4.87. The van der Waals surface area contributed by atoms with Crippen molar-refractivity contribution in [3.63, 3.8) is 0 Å². The maximum absolute atomic E-state index is 12.1. The first-order valence-corrected chi connectivity index (χ1v) is 9.13. The van der Waals surface area contributed by atoms with Crippen molar-refractivity contribution < 1.29 is 9.53 Å². The monoisotopic (exact) mass is 382 g/mol. The molecular weight excluding hydrogens is 364 g/mol. The second-order valence-corrected chi connectivity index (χ2v) is 6.71. The molecule has 138 valence electrons. The molecule has 0 bridgehead atoms. The fourth-order valence-electron chi connectivity index (χ4n) is 3.12. The summed E-state index contributed by atoms with van der Waals surface area (Å²) in [4.78, 5) is 19.7. The smallest absolute Gasteiger partial charge is 0.412 e. The van der Waals surface area contributed by atoms with E-state index in [2.05, 4.69) is 26.7 Å². The molecule has 1 amide bonds. The van der Waals surface area contributed by atoms with Gasteiger partial charge in [0.1, 0.15) is 12.3 Å². The third-order valence-electron chi connectivity index (χ3n) is 4.50. The first kappa shape index (κ1) is 17.6. The molecule has 7 heteroatoms. The quantitative estimate of drug-likeness (QED) is 0.627. The Balaban J connectivity index is 1.48. The lowest BCUT2D eigenvalue weighted by molar-refractivity contribution is 0.155. The summed E-state index contributed by atoms with van der Waals surface area (Å²) in [6.07, 6.45) is 6.17. The molecule has 6 nitrogen and oxygen atoms in total. The van der Waals surface area contributed by atoms with Crippen molar-refractivity contribution in [3.8, 4) is 0 Å². The summed E-state index contributed by atoms with van der Waals surface area (Å²) in [5.74, 6) is 0. The van der Waals surface area contributed by atoms with Gasteiger partial charge in [-0.3, -0.25) is 5.32 Å². The Morgan fingerprint density at radius 3 is 3.04 bits per heavy atom. The van der Waals surface area contributed by atoms with Crippen LogP contribution in [0.5, 0.6) is 0 Å². The number of ether oxygens (including phenoxy) is 1. The van der Waals surface area contributed by atoms with Gasteiger partial charge in [-0.1, -0.05) is 35.9 Å². The number of H-pyrrole nitrogens is 1. The van der Waals surface area contributed by atoms with Gasteiger partial charge in [0.25, 0.3) is 0 Å². The van der Waals surface area contributed by atoms with E-state index in [-0.39, 0.29) is 6.61 Å². The highest BCUT2D eigenvalue weighted by molar-refractivity contribution is 6.31. The van der Waals surface area contributed by atoms with Crippen LogP contribution in [0.25, 0.3) is 16.6 Å². The third kappa shape index (κ3) is 3.97. The van der Waals surface area contributed by atoms with E-state index in [4.69, 9.17) is 16.3 Å². The number of fused-ring (bicyclic) bond motifs is 1. The summed E-state index contributed by atoms with van der Waals surface area (Å²) >= 11 is 6.08. The molecule has 0 saturated carbocycles. The first-order chi connectivity index (χ1) is 13.2. The summed E-state index contributed by atoms with van der Waals surface area (Å²) in [7, 11) is 0. The predicted octanol–water partition coefficient (Wildman–Crippen LogP) is 4.34. The number of hydrogen-bond acceptors (Lipinski definition) is 4. The number of rotatable bonds is 4. The Kier molecular flexibility index (Phi) is 5.09. The lowest BCUT2D eigenvalue weighted by Gasteiger charge is -2.13. The van der Waals surface area contributed by atoms with Gasteiger partial charge in [-0.2, -0.15) is 0 Å². The van der Waals surface area contributed by atoms with Crippen molar-refractivity contribution in [2.75, 3.05) is 18.4 Å². The topological polar surface area (TPSA) is 79.0 Å². The van der Waals surface area contributed by atoms with Crippen molar-refractivity contribution in [2.24, 2.45) is 0 Å². The molecule has 0 fully saturated rings. The molecular formula is C20H19ClN4O2. The number of aromatic amines is 1. The molecule has 27 heavy (non-hydrogen) atoms. The predicted molar refractivity (Wildman–Crippen MR) is 107 cm³/mol. The molecule has 1 aliphatic rings. The van der Waals surface area contributed by atoms with E-state index in [1.165, 1.54) is 5.57 Å². The molecule has 3 N–H and O–H groups in total. The zero-order valence-corrected chi connectivity index (χ0v) is 15.3. The number of pyridine rings is 1. The molecule has 0 saturated heterocycles. The number of carbonyl (C=O) groups is 1. The van der Waals surface area contributed by atoms with Crippen LogP contribution in [0.3, 0.4) is 0 Å². The molecule has 3 heterocycles. The number of carbonyl (C=O) groups excluding carboxylic acids is 1. The Bertz CT molecular complexity index is 1010. The van der Waals surface area contributed by atoms with E-state index in [0.29, 0.717) is 10.7 Å². The molecule has 1 aromatic carbocycles. The highest BCUT2D eigenvalue weighted by Crippen LogP contribution is 2.28. The Labute approximate surface area is 161 Å². The second kappa shape index (κ2) is 7.82. The SMILES string of the molecule is O=C(Nc1cnc2[nH]cc(C3=CCNCC3)c2c1)OCc1ccccc1Cl. The van der Waals surface area contributed by atoms with Crippen molar-refractivity contribution in [1.82, 2.24) is 15.3 Å². The largest absolute Gasteiger partial charge is 0.444 e. The maximum atomic E-state index is 12.1. The van der Waals surface area contributed by atoms with Crippen LogP contribution in [0, 0.1) is 0 Å². The van der Waals surface area contributed by atoms with Crippen LogP contribution in [0.2, 0.25) is 5.02 Å². The molecule has 2 aromatic heterocycles. The van der Waals surface area contributed by atoms with Gasteiger partial charge >= 0.3 is 6.09 Å². The van der Waals surface area contributed by atoms with Gasteiger partial charge in [-0.25, -0.2) is 9.78 Å². The van der Waals surface area contributed by atoms with Crippen molar-refractivity contribution >= 4 is 40.0 Å². The average molecular weight is 383 g/mol. The lowest BCUT2D eigenvalue weighted by atomic mass is 10.0. The van der Waals surface area contributed by atoms with Crippen molar-refractivity contribution in [3.05, 3.63) is 65.0 Å². The minimum absolute atomic E-state index is 0.108. The van der Waals surface area contributed by atoms with E-state index < -0.39 is 6.09 Å². The number of amides is 1. The molecule has 0 aliphatic carbocycles. The van der Waals surface area contributed by atoms with E-state index in [1.807, 2.05) is 30.5 Å². The summed E-state index contributed by atoms with van der Waals surface area (Å²) in [5, 5.41) is 7.59. The van der Waals surface area contributed by atoms with Crippen LogP contribution >= 0.6 is 11.6 Å². The number of anilines is 1. The standard InChI is InChI=1S/C20H19ClN4O2/c21-18-4-2-1-3-14(18)12-27-20(26)25-15-9-16-17(11-24-19(16)23-10-15)13-5-7-22-8-6-13/h1-5,9-11,22H,6-8,12H2,(H,23,24)(H,25,26). The zero-order chi connectivity index (χ0) is 18.6. The van der Waals surface area contributed by atoms with Gasteiger partial charge in [-0.15, -0.1) is 0 Å². The van der Waals surface area contributed by atoms with Gasteiger partial charge in [0.2, 0.25) is 0 Å². The van der Waals surface area contributed by atoms with E-state index >= 15 is 0 Å². The van der Waals surface area contributed by atoms with E-state index in [1.54, 1.807) is 12.3 Å². The van der Waals surface area contributed by atoms with Crippen molar-refractivity contribution in [2.45, 2.75) is 13.0 Å². The lowest BCUT2D eigenvalue weighted by Crippen LogP contribution is -2.19. The zero-order valence-electron chi connectivity index (χ0n) is 14.6. The Hall–Kier alpha value is -2.83. The van der Waals surface area contributed by atoms with Gasteiger partial charge in [-0.05, 0) is 30.7 Å². The summed E-state index contributed by atoms with van der Waals surface area (Å²) in [6.45, 7) is 1.93. The molecule has 4 rings (SSSR count). The first-order valence-electron chi connectivity index (χ1n) is 8.75. The number of nitrogens with one attached hydrogen (secondary N) is 3. The highest BCUT2D eigenvalue weighted by Gasteiger charge is 2.13.